The second kappa shape index (κ2) is 6.56. The maximum atomic E-state index is 13.6. The number of H-pyrrole nitrogens is 1. The van der Waals surface area contributed by atoms with E-state index in [9.17, 15) is 18.0 Å². The van der Waals surface area contributed by atoms with Crippen molar-refractivity contribution in [2.75, 3.05) is 7.11 Å². The molecule has 0 aliphatic carbocycles. The van der Waals surface area contributed by atoms with Crippen molar-refractivity contribution < 1.29 is 17.9 Å². The van der Waals surface area contributed by atoms with Crippen molar-refractivity contribution in [2.24, 2.45) is 0 Å². The Balaban J connectivity index is 2.47. The zero-order valence-corrected chi connectivity index (χ0v) is 14.7. The molecule has 0 saturated heterocycles. The van der Waals surface area contributed by atoms with E-state index < -0.39 is 22.7 Å². The number of methoxy groups -OCH3 is 1. The fraction of sp³-hybridized carbons (Fsp3) is 0.235. The summed E-state index contributed by atoms with van der Waals surface area (Å²) in [5, 5.41) is -0.528. The van der Waals surface area contributed by atoms with E-state index in [1.165, 1.54) is 11.7 Å². The number of nitrogens with zero attached hydrogens (tertiary/aromatic N) is 2. The summed E-state index contributed by atoms with van der Waals surface area (Å²) in [6.07, 6.45) is -4.73. The molecule has 0 unspecified atom stereocenters. The molecule has 2 heterocycles. The summed E-state index contributed by atoms with van der Waals surface area (Å²) in [6.45, 7) is 1.97. The number of benzene rings is 1. The number of hydrogen-bond acceptors (Lipinski definition) is 4. The van der Waals surface area contributed by atoms with Crippen molar-refractivity contribution in [3.63, 3.8) is 0 Å². The van der Waals surface area contributed by atoms with E-state index in [0.717, 1.165) is 6.07 Å². The van der Waals surface area contributed by atoms with Gasteiger partial charge in [-0.3, -0.25) is 9.78 Å². The molecule has 0 aliphatic heterocycles. The molecule has 1 aromatic carbocycles. The highest BCUT2D eigenvalue weighted by Crippen LogP contribution is 2.36. The molecule has 0 amide bonds. The lowest BCUT2D eigenvalue weighted by molar-refractivity contribution is -0.136. The third-order valence-corrected chi connectivity index (χ3v) is 4.26. The second-order valence-electron chi connectivity index (χ2n) is 5.49. The molecule has 3 rings (SSSR count). The molecule has 0 bridgehead atoms. The summed E-state index contributed by atoms with van der Waals surface area (Å²) in [5.74, 6) is 0.483. The lowest BCUT2D eigenvalue weighted by Gasteiger charge is -2.15. The van der Waals surface area contributed by atoms with Gasteiger partial charge in [-0.2, -0.15) is 13.2 Å². The molecule has 1 N–H and O–H groups in total. The van der Waals surface area contributed by atoms with Gasteiger partial charge in [0.2, 0.25) is 0 Å². The van der Waals surface area contributed by atoms with Gasteiger partial charge in [-0.25, -0.2) is 4.98 Å². The van der Waals surface area contributed by atoms with E-state index in [0.29, 0.717) is 11.3 Å². The molecule has 0 atom stereocenters. The topological polar surface area (TPSA) is 59.9 Å². The van der Waals surface area contributed by atoms with E-state index in [1.54, 1.807) is 31.2 Å². The summed E-state index contributed by atoms with van der Waals surface area (Å²) in [7, 11) is 1.46. The first kappa shape index (κ1) is 18.1. The predicted molar refractivity (Wildman–Crippen MR) is 93.9 cm³/mol. The highest BCUT2D eigenvalue weighted by Gasteiger charge is 2.35. The van der Waals surface area contributed by atoms with Gasteiger partial charge in [-0.15, -0.1) is 0 Å². The first-order chi connectivity index (χ1) is 12.3. The van der Waals surface area contributed by atoms with Crippen LogP contribution in [0.1, 0.15) is 12.5 Å². The van der Waals surface area contributed by atoms with Crippen LogP contribution in [0, 0.1) is 4.77 Å². The average molecular weight is 381 g/mol. The van der Waals surface area contributed by atoms with Crippen molar-refractivity contribution in [1.82, 2.24) is 14.5 Å². The minimum Gasteiger partial charge on any atom is -0.497 e. The van der Waals surface area contributed by atoms with Crippen LogP contribution < -0.4 is 10.3 Å². The number of halogens is 3. The zero-order chi connectivity index (χ0) is 19.1. The molecule has 136 valence electrons. The summed E-state index contributed by atoms with van der Waals surface area (Å²) in [4.78, 5) is 18.8. The molecule has 26 heavy (non-hydrogen) atoms. The van der Waals surface area contributed by atoms with Crippen LogP contribution in [-0.4, -0.2) is 21.6 Å². The van der Waals surface area contributed by atoms with Gasteiger partial charge >= 0.3 is 6.18 Å². The molecule has 5 nitrogen and oxygen atoms in total. The van der Waals surface area contributed by atoms with Gasteiger partial charge in [-0.05, 0) is 37.3 Å². The van der Waals surface area contributed by atoms with Gasteiger partial charge in [0.25, 0.3) is 5.56 Å². The Bertz CT molecular complexity index is 1100. The molecule has 9 heteroatoms. The number of aromatic nitrogens is 3. The molecule has 0 spiro atoms. The van der Waals surface area contributed by atoms with Gasteiger partial charge in [0.1, 0.15) is 11.4 Å². The minimum atomic E-state index is -4.73. The van der Waals surface area contributed by atoms with Crippen LogP contribution in [0.2, 0.25) is 0 Å². The van der Waals surface area contributed by atoms with Crippen molar-refractivity contribution in [2.45, 2.75) is 19.6 Å². The van der Waals surface area contributed by atoms with E-state index in [-0.39, 0.29) is 22.7 Å². The zero-order valence-electron chi connectivity index (χ0n) is 13.8. The molecule has 0 saturated carbocycles. The molecular weight excluding hydrogens is 367 g/mol. The van der Waals surface area contributed by atoms with Crippen LogP contribution >= 0.6 is 12.2 Å². The van der Waals surface area contributed by atoms with Crippen LogP contribution in [0.4, 0.5) is 13.2 Å². The first-order valence-corrected chi connectivity index (χ1v) is 8.06. The Hall–Kier alpha value is -2.68. The lowest BCUT2D eigenvalue weighted by Crippen LogP contribution is -2.20. The van der Waals surface area contributed by atoms with Gasteiger partial charge in [-0.1, -0.05) is 12.1 Å². The monoisotopic (exact) mass is 381 g/mol. The molecule has 0 radical (unpaired) electrons. The molecule has 2 aromatic heterocycles. The quantitative estimate of drug-likeness (QED) is 0.692. The summed E-state index contributed by atoms with van der Waals surface area (Å²) >= 11 is 5.07. The van der Waals surface area contributed by atoms with Crippen LogP contribution in [0.25, 0.3) is 22.3 Å². The van der Waals surface area contributed by atoms with E-state index in [4.69, 9.17) is 17.0 Å². The molecular formula is C17H14F3N3O2S. The Kier molecular flexibility index (Phi) is 4.57. The fourth-order valence-corrected chi connectivity index (χ4v) is 3.03. The average Bonchev–Trinajstić information content (AvgIpc) is 2.60. The van der Waals surface area contributed by atoms with Gasteiger partial charge in [0, 0.05) is 12.1 Å². The van der Waals surface area contributed by atoms with Crippen molar-refractivity contribution in [3.05, 3.63) is 51.0 Å². The SMILES string of the molecule is CCn1c(=S)[nH]c(=O)c2c(C(F)(F)F)cc(-c3cccc(OC)c3)nc21. The number of alkyl halides is 3. The van der Waals surface area contributed by atoms with E-state index in [2.05, 4.69) is 9.97 Å². The van der Waals surface area contributed by atoms with Crippen LogP contribution in [0.15, 0.2) is 35.1 Å². The summed E-state index contributed by atoms with van der Waals surface area (Å²) < 4.78 is 47.4. The number of pyridine rings is 1. The lowest BCUT2D eigenvalue weighted by atomic mass is 10.1. The number of nitrogens with one attached hydrogen (secondary N) is 1. The fourth-order valence-electron chi connectivity index (χ4n) is 2.72. The highest BCUT2D eigenvalue weighted by molar-refractivity contribution is 7.71. The number of aryl methyl sites for hydroxylation is 1. The Labute approximate surface area is 151 Å². The first-order valence-electron chi connectivity index (χ1n) is 7.65. The highest BCUT2D eigenvalue weighted by atomic mass is 32.1. The van der Waals surface area contributed by atoms with Gasteiger partial charge < -0.3 is 9.30 Å². The largest absolute Gasteiger partial charge is 0.497 e. The molecule has 0 fully saturated rings. The number of aromatic amines is 1. The van der Waals surface area contributed by atoms with Crippen LogP contribution in [-0.2, 0) is 12.7 Å². The Morgan fingerprint density at radius 3 is 2.65 bits per heavy atom. The van der Waals surface area contributed by atoms with E-state index >= 15 is 0 Å². The van der Waals surface area contributed by atoms with Crippen molar-refractivity contribution in [3.8, 4) is 17.0 Å². The minimum absolute atomic E-state index is 0.0217. The number of fused-ring (bicyclic) bond motifs is 1. The normalized spacial score (nSPS) is 11.7. The van der Waals surface area contributed by atoms with Gasteiger partial charge in [0.15, 0.2) is 4.77 Å². The maximum absolute atomic E-state index is 13.6. The summed E-state index contributed by atoms with van der Waals surface area (Å²) in [5.41, 5.74) is -1.56. The smallest absolute Gasteiger partial charge is 0.417 e. The van der Waals surface area contributed by atoms with E-state index in [1.807, 2.05) is 0 Å². The van der Waals surface area contributed by atoms with Gasteiger partial charge in [0.05, 0.1) is 23.8 Å². The van der Waals surface area contributed by atoms with Crippen molar-refractivity contribution >= 4 is 23.3 Å². The molecule has 3 aromatic rings. The number of rotatable bonds is 3. The molecule has 0 aliphatic rings. The number of hydrogen-bond donors (Lipinski definition) is 1. The van der Waals surface area contributed by atoms with Crippen molar-refractivity contribution in [1.29, 1.82) is 0 Å². The predicted octanol–water partition coefficient (Wildman–Crippen LogP) is 4.17. The third-order valence-electron chi connectivity index (χ3n) is 3.94. The maximum Gasteiger partial charge on any atom is 0.417 e. The standard InChI is InChI=1S/C17H14F3N3O2S/c1-3-23-14-13(15(24)22-16(23)26)11(17(18,19)20)8-12(21-14)9-5-4-6-10(7-9)25-2/h4-8H,3H2,1-2H3,(H,22,24,26). The third kappa shape index (κ3) is 3.10. The Morgan fingerprint density at radius 1 is 1.31 bits per heavy atom. The summed E-state index contributed by atoms with van der Waals surface area (Å²) in [6, 6.07) is 7.39. The van der Waals surface area contributed by atoms with Crippen LogP contribution in [0.5, 0.6) is 5.75 Å². The second-order valence-corrected chi connectivity index (χ2v) is 5.87. The Morgan fingerprint density at radius 2 is 2.04 bits per heavy atom. The van der Waals surface area contributed by atoms with Crippen LogP contribution in [0.3, 0.4) is 0 Å². The number of ether oxygens (including phenoxy) is 1.